The zero-order valence-electron chi connectivity index (χ0n) is 13.7. The Morgan fingerprint density at radius 1 is 1.23 bits per heavy atom. The zero-order chi connectivity index (χ0) is 18.8. The Kier molecular flexibility index (Phi) is 5.08. The van der Waals surface area contributed by atoms with E-state index in [-0.39, 0.29) is 34.8 Å². The van der Waals surface area contributed by atoms with Gasteiger partial charge < -0.3 is 20.1 Å². The normalized spacial score (nSPS) is 13.8. The number of aromatic hydroxyl groups is 2. The first-order chi connectivity index (χ1) is 12.4. The Morgan fingerprint density at radius 2 is 1.85 bits per heavy atom. The van der Waals surface area contributed by atoms with Gasteiger partial charge >= 0.3 is 5.97 Å². The maximum Gasteiger partial charge on any atom is 0.328 e. The van der Waals surface area contributed by atoms with E-state index in [9.17, 15) is 19.4 Å². The van der Waals surface area contributed by atoms with Crippen LogP contribution in [-0.4, -0.2) is 32.5 Å². The van der Waals surface area contributed by atoms with Gasteiger partial charge in [-0.1, -0.05) is 11.6 Å². The predicted molar refractivity (Wildman–Crippen MR) is 93.0 cm³/mol. The molecule has 3 N–H and O–H groups in total. The number of aromatic nitrogens is 1. The van der Waals surface area contributed by atoms with Gasteiger partial charge in [-0.15, -0.1) is 0 Å². The highest BCUT2D eigenvalue weighted by Crippen LogP contribution is 2.42. The molecule has 3 rings (SSSR count). The fourth-order valence-corrected chi connectivity index (χ4v) is 3.29. The van der Waals surface area contributed by atoms with Gasteiger partial charge in [-0.25, -0.2) is 13.8 Å². The molecule has 1 aromatic carbocycles. The average Bonchev–Trinajstić information content (AvgIpc) is 2.85. The lowest BCUT2D eigenvalue weighted by atomic mass is 9.95. The molecular formula is C18H17ClFNO5. The maximum atomic E-state index is 14.5. The molecule has 8 heteroatoms. The van der Waals surface area contributed by atoms with Crippen molar-refractivity contribution in [3.63, 3.8) is 0 Å². The standard InChI is InChI=1S/C18H17ClFNO5/c19-12-8-13(20)14(9-15(12)26-7-3-6-16(22)23)21-17(24)10-4-1-2-5-11(10)18(21)25/h3,6,8-9,24-25H,1-2,4-5,7H2,(H,22,23). The summed E-state index contributed by atoms with van der Waals surface area (Å²) in [7, 11) is 0. The van der Waals surface area contributed by atoms with Gasteiger partial charge in [0.15, 0.2) is 0 Å². The van der Waals surface area contributed by atoms with Crippen molar-refractivity contribution in [2.45, 2.75) is 25.7 Å². The van der Waals surface area contributed by atoms with Gasteiger partial charge in [0.2, 0.25) is 11.8 Å². The molecule has 0 spiro atoms. The van der Waals surface area contributed by atoms with Gasteiger partial charge in [0.1, 0.15) is 18.2 Å². The highest BCUT2D eigenvalue weighted by Gasteiger charge is 2.27. The third-order valence-electron chi connectivity index (χ3n) is 4.27. The van der Waals surface area contributed by atoms with Crippen LogP contribution in [0.1, 0.15) is 24.0 Å². The Labute approximate surface area is 153 Å². The number of rotatable bonds is 5. The molecule has 0 radical (unpaired) electrons. The lowest BCUT2D eigenvalue weighted by Crippen LogP contribution is -2.01. The molecular weight excluding hydrogens is 365 g/mol. The summed E-state index contributed by atoms with van der Waals surface area (Å²) in [5.74, 6) is -2.15. The number of halogens is 2. The van der Waals surface area contributed by atoms with Crippen molar-refractivity contribution in [3.8, 4) is 23.2 Å². The summed E-state index contributed by atoms with van der Waals surface area (Å²) < 4.78 is 20.9. The minimum absolute atomic E-state index is 0.00845. The third kappa shape index (κ3) is 3.35. The molecule has 0 saturated heterocycles. The summed E-state index contributed by atoms with van der Waals surface area (Å²) in [6, 6.07) is 2.28. The van der Waals surface area contributed by atoms with Crippen LogP contribution in [0, 0.1) is 5.82 Å². The van der Waals surface area contributed by atoms with Gasteiger partial charge in [0, 0.05) is 23.3 Å². The van der Waals surface area contributed by atoms with E-state index in [0.717, 1.165) is 29.6 Å². The van der Waals surface area contributed by atoms with E-state index < -0.39 is 11.8 Å². The lowest BCUT2D eigenvalue weighted by molar-refractivity contribution is -0.131. The quantitative estimate of drug-likeness (QED) is 0.688. The van der Waals surface area contributed by atoms with Gasteiger partial charge in [-0.3, -0.25) is 0 Å². The van der Waals surface area contributed by atoms with Crippen LogP contribution in [0.25, 0.3) is 5.69 Å². The van der Waals surface area contributed by atoms with Crippen molar-refractivity contribution < 1.29 is 29.2 Å². The molecule has 0 fully saturated rings. The molecule has 26 heavy (non-hydrogen) atoms. The van der Waals surface area contributed by atoms with Crippen molar-refractivity contribution >= 4 is 17.6 Å². The fraction of sp³-hybridized carbons (Fsp3) is 0.278. The second-order valence-electron chi connectivity index (χ2n) is 5.93. The monoisotopic (exact) mass is 381 g/mol. The number of carboxylic acid groups (broad SMARTS) is 1. The van der Waals surface area contributed by atoms with Crippen molar-refractivity contribution in [1.82, 2.24) is 4.57 Å². The molecule has 1 heterocycles. The Bertz CT molecular complexity index is 861. The van der Waals surface area contributed by atoms with Crippen LogP contribution in [-0.2, 0) is 17.6 Å². The van der Waals surface area contributed by atoms with Crippen LogP contribution in [0.15, 0.2) is 24.3 Å². The lowest BCUT2D eigenvalue weighted by Gasteiger charge is -2.12. The topological polar surface area (TPSA) is 91.9 Å². The van der Waals surface area contributed by atoms with E-state index in [2.05, 4.69) is 0 Å². The molecule has 0 aliphatic heterocycles. The highest BCUT2D eigenvalue weighted by atomic mass is 35.5. The number of fused-ring (bicyclic) bond motifs is 1. The molecule has 0 saturated carbocycles. The van der Waals surface area contributed by atoms with E-state index in [4.69, 9.17) is 21.4 Å². The molecule has 0 unspecified atom stereocenters. The minimum atomic E-state index is -1.12. The van der Waals surface area contributed by atoms with E-state index in [1.54, 1.807) is 0 Å². The number of ether oxygens (including phenoxy) is 1. The summed E-state index contributed by atoms with van der Waals surface area (Å²) in [6.45, 7) is -0.0861. The molecule has 0 atom stereocenters. The summed E-state index contributed by atoms with van der Waals surface area (Å²) in [5.41, 5.74) is 1.14. The molecule has 138 valence electrons. The number of carboxylic acids is 1. The number of aliphatic carboxylic acids is 1. The number of hydrogen-bond donors (Lipinski definition) is 3. The van der Waals surface area contributed by atoms with Crippen LogP contribution < -0.4 is 4.74 Å². The van der Waals surface area contributed by atoms with Gasteiger partial charge in [0.25, 0.3) is 0 Å². The first-order valence-corrected chi connectivity index (χ1v) is 8.44. The van der Waals surface area contributed by atoms with E-state index in [0.29, 0.717) is 24.0 Å². The number of benzene rings is 1. The van der Waals surface area contributed by atoms with E-state index in [1.807, 2.05) is 0 Å². The molecule has 1 aromatic heterocycles. The predicted octanol–water partition coefficient (Wildman–Crippen LogP) is 3.58. The van der Waals surface area contributed by atoms with E-state index in [1.165, 1.54) is 12.1 Å². The van der Waals surface area contributed by atoms with Crippen molar-refractivity contribution in [1.29, 1.82) is 0 Å². The second-order valence-corrected chi connectivity index (χ2v) is 6.34. The SMILES string of the molecule is O=C(O)C=CCOc1cc(-n2c(O)c3c(c2O)CCCC3)c(F)cc1Cl. The Balaban J connectivity index is 1.99. The second kappa shape index (κ2) is 7.29. The van der Waals surface area contributed by atoms with Crippen LogP contribution in [0.3, 0.4) is 0 Å². The first-order valence-electron chi connectivity index (χ1n) is 8.06. The zero-order valence-corrected chi connectivity index (χ0v) is 14.5. The molecule has 2 aromatic rings. The molecule has 1 aliphatic carbocycles. The Morgan fingerprint density at radius 3 is 2.42 bits per heavy atom. The highest BCUT2D eigenvalue weighted by molar-refractivity contribution is 6.32. The molecule has 0 amide bonds. The van der Waals surface area contributed by atoms with Crippen molar-refractivity contribution in [2.24, 2.45) is 0 Å². The average molecular weight is 382 g/mol. The van der Waals surface area contributed by atoms with Gasteiger partial charge in [0.05, 0.1) is 10.7 Å². The fourth-order valence-electron chi connectivity index (χ4n) is 3.08. The minimum Gasteiger partial charge on any atom is -0.494 e. The third-order valence-corrected chi connectivity index (χ3v) is 4.56. The van der Waals surface area contributed by atoms with Crippen LogP contribution >= 0.6 is 11.6 Å². The summed E-state index contributed by atoms with van der Waals surface area (Å²) in [6.07, 6.45) is 5.18. The first kappa shape index (κ1) is 18.1. The largest absolute Gasteiger partial charge is 0.494 e. The summed E-state index contributed by atoms with van der Waals surface area (Å²) in [4.78, 5) is 10.5. The number of hydrogen-bond acceptors (Lipinski definition) is 4. The molecule has 6 nitrogen and oxygen atoms in total. The smallest absolute Gasteiger partial charge is 0.328 e. The summed E-state index contributed by atoms with van der Waals surface area (Å²) in [5, 5.41) is 29.5. The van der Waals surface area contributed by atoms with Gasteiger partial charge in [-0.2, -0.15) is 0 Å². The van der Waals surface area contributed by atoms with E-state index >= 15 is 0 Å². The molecule has 0 bridgehead atoms. The van der Waals surface area contributed by atoms with Crippen molar-refractivity contribution in [2.75, 3.05) is 6.61 Å². The van der Waals surface area contributed by atoms with Crippen molar-refractivity contribution in [3.05, 3.63) is 46.3 Å². The number of nitrogens with zero attached hydrogens (tertiary/aromatic N) is 1. The maximum absolute atomic E-state index is 14.5. The van der Waals surface area contributed by atoms with Crippen LogP contribution in [0.2, 0.25) is 5.02 Å². The number of carbonyl (C=O) groups is 1. The van der Waals surface area contributed by atoms with Crippen LogP contribution in [0.4, 0.5) is 4.39 Å². The van der Waals surface area contributed by atoms with Gasteiger partial charge in [-0.05, 0) is 37.8 Å². The molecule has 1 aliphatic rings. The summed E-state index contributed by atoms with van der Waals surface area (Å²) >= 11 is 5.97. The van der Waals surface area contributed by atoms with Crippen LogP contribution in [0.5, 0.6) is 17.5 Å². The Hall–Kier alpha value is -2.67.